The first-order chi connectivity index (χ1) is 17.2. The number of benzene rings is 1. The topological polar surface area (TPSA) is 85.4 Å². The molecule has 2 N–H and O–H groups in total. The fourth-order valence-corrected chi connectivity index (χ4v) is 6.71. The van der Waals surface area contributed by atoms with Crippen LogP contribution < -0.4 is 10.6 Å². The molecular formula is C28H39BN4O3. The Morgan fingerprint density at radius 1 is 1.17 bits per heavy atom. The van der Waals surface area contributed by atoms with Gasteiger partial charge in [0.15, 0.2) is 0 Å². The second-order valence-corrected chi connectivity index (χ2v) is 12.1. The molecule has 1 aromatic carbocycles. The first-order valence-corrected chi connectivity index (χ1v) is 13.4. The van der Waals surface area contributed by atoms with Crippen molar-refractivity contribution in [3.05, 3.63) is 54.5 Å². The van der Waals surface area contributed by atoms with E-state index >= 15 is 0 Å². The zero-order chi connectivity index (χ0) is 25.5. The normalized spacial score (nSPS) is 29.7. The molecule has 1 aliphatic heterocycles. The van der Waals surface area contributed by atoms with E-state index in [1.54, 1.807) is 18.6 Å². The average molecular weight is 490 g/mol. The highest BCUT2D eigenvalue weighted by Gasteiger charge is 2.68. The van der Waals surface area contributed by atoms with Crippen LogP contribution in [0.1, 0.15) is 59.4 Å². The van der Waals surface area contributed by atoms with Crippen LogP contribution in [-0.4, -0.2) is 46.7 Å². The molecule has 0 unspecified atom stereocenters. The number of anilines is 1. The van der Waals surface area contributed by atoms with E-state index in [-0.39, 0.29) is 29.0 Å². The Labute approximate surface area is 215 Å². The lowest BCUT2D eigenvalue weighted by Crippen LogP contribution is -2.65. The molecule has 0 spiro atoms. The maximum absolute atomic E-state index is 13.7. The number of hydrogen-bond donors (Lipinski definition) is 2. The summed E-state index contributed by atoms with van der Waals surface area (Å²) in [5.74, 6) is 1.80. The standard InChI is InChI=1S/C28H39BN4O3/c1-18(2)13-24(29-35-23-16-20-15-22(27(20,3)4)28(23,5)36-29)33-26(34)21(14-19-9-7-6-8-10-19)32-25-17-30-11-12-31-25/h6-12,17-18,20-24H,13-16H2,1-5H3,(H,31,32)(H,33,34)/t20-,21-,22-,23+,24-,28-/m0/s1. The summed E-state index contributed by atoms with van der Waals surface area (Å²) in [6.07, 6.45) is 8.51. The summed E-state index contributed by atoms with van der Waals surface area (Å²) < 4.78 is 13.3. The summed E-state index contributed by atoms with van der Waals surface area (Å²) >= 11 is 0. The minimum atomic E-state index is -0.509. The molecule has 1 amide bonds. The van der Waals surface area contributed by atoms with E-state index in [1.807, 2.05) is 30.3 Å². The number of carbonyl (C=O) groups is 1. The SMILES string of the molecule is CC(C)C[C@H](NC(=O)[C@H](Cc1ccccc1)Nc1cnccn1)B1O[C@@H]2C[C@@H]3C[C@@H](C3(C)C)[C@]2(C)O1. The average Bonchev–Trinajstić information content (AvgIpc) is 3.21. The van der Waals surface area contributed by atoms with Crippen molar-refractivity contribution in [3.63, 3.8) is 0 Å². The summed E-state index contributed by atoms with van der Waals surface area (Å²) in [6.45, 7) is 11.3. The van der Waals surface area contributed by atoms with Crippen LogP contribution in [0.2, 0.25) is 0 Å². The van der Waals surface area contributed by atoms with Gasteiger partial charge in [0.2, 0.25) is 5.91 Å². The number of amides is 1. The number of hydrogen-bond acceptors (Lipinski definition) is 6. The zero-order valence-corrected chi connectivity index (χ0v) is 22.1. The Morgan fingerprint density at radius 3 is 2.61 bits per heavy atom. The third-order valence-corrected chi connectivity index (χ3v) is 8.83. The predicted octanol–water partition coefficient (Wildman–Crippen LogP) is 4.30. The van der Waals surface area contributed by atoms with Crippen LogP contribution >= 0.6 is 0 Å². The van der Waals surface area contributed by atoms with Crippen LogP contribution in [0.15, 0.2) is 48.9 Å². The van der Waals surface area contributed by atoms with Gasteiger partial charge >= 0.3 is 7.12 Å². The van der Waals surface area contributed by atoms with E-state index in [2.05, 4.69) is 55.2 Å². The molecule has 36 heavy (non-hydrogen) atoms. The van der Waals surface area contributed by atoms with Crippen LogP contribution in [0.3, 0.4) is 0 Å². The van der Waals surface area contributed by atoms with Crippen molar-refractivity contribution in [1.29, 1.82) is 0 Å². The first-order valence-electron chi connectivity index (χ1n) is 13.4. The predicted molar refractivity (Wildman–Crippen MR) is 141 cm³/mol. The van der Waals surface area contributed by atoms with E-state index in [0.29, 0.717) is 30.0 Å². The summed E-state index contributed by atoms with van der Waals surface area (Å²) in [7, 11) is -0.449. The molecule has 1 aromatic heterocycles. The van der Waals surface area contributed by atoms with Crippen LogP contribution in [0.5, 0.6) is 0 Å². The lowest BCUT2D eigenvalue weighted by atomic mass is 9.43. The molecule has 8 heteroatoms. The lowest BCUT2D eigenvalue weighted by molar-refractivity contribution is -0.199. The molecule has 2 bridgehead atoms. The Morgan fingerprint density at radius 2 is 1.94 bits per heavy atom. The molecule has 6 atom stereocenters. The molecule has 0 radical (unpaired) electrons. The van der Waals surface area contributed by atoms with Crippen LogP contribution in [0.4, 0.5) is 5.82 Å². The van der Waals surface area contributed by atoms with Gasteiger partial charge in [0.1, 0.15) is 11.9 Å². The summed E-state index contributed by atoms with van der Waals surface area (Å²) in [5, 5.41) is 6.60. The molecule has 2 aromatic rings. The largest absolute Gasteiger partial charge is 0.481 e. The van der Waals surface area contributed by atoms with Gasteiger partial charge in [0, 0.05) is 18.8 Å². The van der Waals surface area contributed by atoms with Crippen molar-refractivity contribution < 1.29 is 14.1 Å². The molecule has 4 aliphatic rings. The molecule has 6 rings (SSSR count). The number of nitrogens with one attached hydrogen (secondary N) is 2. The van der Waals surface area contributed by atoms with Crippen molar-refractivity contribution >= 4 is 18.8 Å². The Kier molecular flexibility index (Phi) is 6.85. The van der Waals surface area contributed by atoms with E-state index in [1.165, 1.54) is 6.42 Å². The van der Waals surface area contributed by atoms with E-state index in [4.69, 9.17) is 9.31 Å². The molecular weight excluding hydrogens is 451 g/mol. The number of nitrogens with zero attached hydrogens (tertiary/aromatic N) is 2. The van der Waals surface area contributed by atoms with Crippen LogP contribution in [-0.2, 0) is 20.5 Å². The van der Waals surface area contributed by atoms with Crippen LogP contribution in [0.25, 0.3) is 0 Å². The van der Waals surface area contributed by atoms with Crippen molar-refractivity contribution in [2.45, 2.75) is 84.0 Å². The Bertz CT molecular complexity index is 1010. The quantitative estimate of drug-likeness (QED) is 0.510. The maximum atomic E-state index is 13.7. The lowest BCUT2D eigenvalue weighted by Gasteiger charge is -2.64. The maximum Gasteiger partial charge on any atom is 0.481 e. The minimum Gasteiger partial charge on any atom is -0.404 e. The van der Waals surface area contributed by atoms with Crippen LogP contribution in [0, 0.1) is 23.2 Å². The molecule has 3 saturated carbocycles. The number of rotatable bonds is 9. The highest BCUT2D eigenvalue weighted by atomic mass is 16.7. The van der Waals surface area contributed by atoms with Gasteiger partial charge in [-0.25, -0.2) is 4.98 Å². The van der Waals surface area contributed by atoms with Gasteiger partial charge in [0.05, 0.1) is 23.8 Å². The highest BCUT2D eigenvalue weighted by Crippen LogP contribution is 2.65. The number of carbonyl (C=O) groups excluding carboxylic acids is 1. The second-order valence-electron chi connectivity index (χ2n) is 12.1. The van der Waals surface area contributed by atoms with E-state index in [0.717, 1.165) is 18.4 Å². The summed E-state index contributed by atoms with van der Waals surface area (Å²) in [6, 6.07) is 9.52. The molecule has 2 heterocycles. The summed E-state index contributed by atoms with van der Waals surface area (Å²) in [5.41, 5.74) is 1.05. The van der Waals surface area contributed by atoms with Crippen molar-refractivity contribution in [3.8, 4) is 0 Å². The number of aromatic nitrogens is 2. The Balaban J connectivity index is 1.34. The third kappa shape index (κ3) is 4.77. The molecule has 192 valence electrons. The first kappa shape index (κ1) is 25.2. The zero-order valence-electron chi connectivity index (χ0n) is 22.1. The Hall–Kier alpha value is -2.45. The van der Waals surface area contributed by atoms with E-state index in [9.17, 15) is 4.79 Å². The molecule has 3 aliphatic carbocycles. The monoisotopic (exact) mass is 490 g/mol. The van der Waals surface area contributed by atoms with Gasteiger partial charge in [0.25, 0.3) is 0 Å². The minimum absolute atomic E-state index is 0.0867. The molecule has 1 saturated heterocycles. The van der Waals surface area contributed by atoms with Crippen molar-refractivity contribution in [1.82, 2.24) is 15.3 Å². The van der Waals surface area contributed by atoms with Gasteiger partial charge in [-0.3, -0.25) is 9.78 Å². The summed E-state index contributed by atoms with van der Waals surface area (Å²) in [4.78, 5) is 22.2. The van der Waals surface area contributed by atoms with Crippen molar-refractivity contribution in [2.75, 3.05) is 5.32 Å². The molecule has 7 nitrogen and oxygen atoms in total. The fourth-order valence-electron chi connectivity index (χ4n) is 6.71. The smallest absolute Gasteiger partial charge is 0.404 e. The molecule has 4 fully saturated rings. The highest BCUT2D eigenvalue weighted by molar-refractivity contribution is 6.48. The van der Waals surface area contributed by atoms with Gasteiger partial charge in [-0.15, -0.1) is 0 Å². The van der Waals surface area contributed by atoms with Gasteiger partial charge in [-0.05, 0) is 54.9 Å². The van der Waals surface area contributed by atoms with Crippen molar-refractivity contribution in [2.24, 2.45) is 23.2 Å². The van der Waals surface area contributed by atoms with Gasteiger partial charge in [-0.2, -0.15) is 0 Å². The fraction of sp³-hybridized carbons (Fsp3) is 0.607. The van der Waals surface area contributed by atoms with Gasteiger partial charge in [-0.1, -0.05) is 58.0 Å². The third-order valence-electron chi connectivity index (χ3n) is 8.83. The second kappa shape index (κ2) is 9.79. The van der Waals surface area contributed by atoms with E-state index < -0.39 is 13.2 Å². The van der Waals surface area contributed by atoms with Gasteiger partial charge < -0.3 is 19.9 Å².